The first-order valence-electron chi connectivity index (χ1n) is 11.9. The molecule has 1 heterocycles. The molecule has 0 saturated heterocycles. The predicted molar refractivity (Wildman–Crippen MR) is 134 cm³/mol. The van der Waals surface area contributed by atoms with Crippen molar-refractivity contribution in [3.8, 4) is 0 Å². The summed E-state index contributed by atoms with van der Waals surface area (Å²) in [5.74, 6) is 2.12. The first kappa shape index (κ1) is 22.8. The number of amides is 1. The van der Waals surface area contributed by atoms with Crippen LogP contribution in [0.4, 0.5) is 5.69 Å². The Bertz CT molecular complexity index is 1110. The summed E-state index contributed by atoms with van der Waals surface area (Å²) in [6.45, 7) is 4.40. The summed E-state index contributed by atoms with van der Waals surface area (Å²) in [4.78, 5) is 21.4. The minimum absolute atomic E-state index is 0.149. The number of anilines is 1. The van der Waals surface area contributed by atoms with Crippen LogP contribution in [-0.4, -0.2) is 35.0 Å². The van der Waals surface area contributed by atoms with E-state index < -0.39 is 0 Å². The van der Waals surface area contributed by atoms with Gasteiger partial charge in [0.05, 0.1) is 11.0 Å². The van der Waals surface area contributed by atoms with Crippen molar-refractivity contribution < 1.29 is 4.79 Å². The molecule has 33 heavy (non-hydrogen) atoms. The Morgan fingerprint density at radius 3 is 2.76 bits per heavy atom. The van der Waals surface area contributed by atoms with E-state index in [1.807, 2.05) is 24.3 Å². The minimum atomic E-state index is 0.149. The van der Waals surface area contributed by atoms with Crippen molar-refractivity contribution >= 4 is 28.6 Å². The van der Waals surface area contributed by atoms with Crippen LogP contribution in [0.3, 0.4) is 0 Å². The number of rotatable bonds is 8. The van der Waals surface area contributed by atoms with Crippen LogP contribution in [0.1, 0.15) is 43.5 Å². The van der Waals surface area contributed by atoms with E-state index in [-0.39, 0.29) is 11.8 Å². The van der Waals surface area contributed by atoms with E-state index in [0.717, 1.165) is 73.7 Å². The third-order valence-corrected chi connectivity index (χ3v) is 6.30. The van der Waals surface area contributed by atoms with Gasteiger partial charge in [0, 0.05) is 38.3 Å². The second kappa shape index (κ2) is 11.0. The molecule has 174 valence electrons. The SMILES string of the molecule is CN=C(NCCCn1c(C)nc2ccccc21)NCc1cccc(NC(=O)C2CCCC2)c1. The minimum Gasteiger partial charge on any atom is -0.356 e. The Morgan fingerprint density at radius 1 is 1.12 bits per heavy atom. The van der Waals surface area contributed by atoms with Gasteiger partial charge in [0.1, 0.15) is 5.82 Å². The standard InChI is InChI=1S/C26H34N6O/c1-19-30-23-13-5-6-14-24(23)32(19)16-8-15-28-26(27-2)29-18-20-9-7-12-22(17-20)31-25(33)21-10-3-4-11-21/h5-7,9,12-14,17,21H,3-4,8,10-11,15-16,18H2,1-2H3,(H,31,33)(H2,27,28,29). The van der Waals surface area contributed by atoms with Crippen LogP contribution < -0.4 is 16.0 Å². The maximum Gasteiger partial charge on any atom is 0.227 e. The summed E-state index contributed by atoms with van der Waals surface area (Å²) < 4.78 is 2.26. The number of nitrogens with one attached hydrogen (secondary N) is 3. The maximum atomic E-state index is 12.4. The molecule has 0 bridgehead atoms. The average molecular weight is 447 g/mol. The van der Waals surface area contributed by atoms with E-state index in [1.165, 1.54) is 5.52 Å². The van der Waals surface area contributed by atoms with E-state index in [1.54, 1.807) is 7.05 Å². The highest BCUT2D eigenvalue weighted by molar-refractivity contribution is 5.92. The molecule has 1 aliphatic rings. The maximum absolute atomic E-state index is 12.4. The summed E-state index contributed by atoms with van der Waals surface area (Å²) in [7, 11) is 1.78. The highest BCUT2D eigenvalue weighted by Gasteiger charge is 2.22. The summed E-state index contributed by atoms with van der Waals surface area (Å²) in [5, 5.41) is 9.83. The quantitative estimate of drug-likeness (QED) is 0.275. The topological polar surface area (TPSA) is 83.3 Å². The molecule has 1 aromatic heterocycles. The largest absolute Gasteiger partial charge is 0.356 e. The lowest BCUT2D eigenvalue weighted by atomic mass is 10.1. The molecule has 0 unspecified atom stereocenters. The first-order chi connectivity index (χ1) is 16.1. The summed E-state index contributed by atoms with van der Waals surface area (Å²) in [6, 6.07) is 16.3. The van der Waals surface area contributed by atoms with Gasteiger partial charge < -0.3 is 20.5 Å². The molecule has 1 fully saturated rings. The lowest BCUT2D eigenvalue weighted by molar-refractivity contribution is -0.119. The molecule has 7 nitrogen and oxygen atoms in total. The molecule has 0 radical (unpaired) electrons. The van der Waals surface area contributed by atoms with Gasteiger partial charge in [0.2, 0.25) is 5.91 Å². The van der Waals surface area contributed by atoms with E-state index in [9.17, 15) is 4.79 Å². The van der Waals surface area contributed by atoms with Gasteiger partial charge in [-0.25, -0.2) is 4.98 Å². The van der Waals surface area contributed by atoms with Crippen molar-refractivity contribution in [3.05, 3.63) is 59.9 Å². The smallest absolute Gasteiger partial charge is 0.227 e. The molecule has 3 N–H and O–H groups in total. The molecule has 1 amide bonds. The van der Waals surface area contributed by atoms with E-state index in [4.69, 9.17) is 0 Å². The Kier molecular flexibility index (Phi) is 7.60. The first-order valence-corrected chi connectivity index (χ1v) is 11.9. The van der Waals surface area contributed by atoms with E-state index in [0.29, 0.717) is 6.54 Å². The summed E-state index contributed by atoms with van der Waals surface area (Å²) >= 11 is 0. The van der Waals surface area contributed by atoms with Crippen molar-refractivity contribution in [2.75, 3.05) is 18.9 Å². The van der Waals surface area contributed by atoms with Crippen molar-refractivity contribution in [2.45, 2.75) is 52.1 Å². The Labute approximate surface area is 195 Å². The number of para-hydroxylation sites is 2. The molecule has 7 heteroatoms. The van der Waals surface area contributed by atoms with Crippen molar-refractivity contribution in [2.24, 2.45) is 10.9 Å². The number of carbonyl (C=O) groups excluding carboxylic acids is 1. The van der Waals surface area contributed by atoms with Gasteiger partial charge in [0.25, 0.3) is 0 Å². The lowest BCUT2D eigenvalue weighted by Crippen LogP contribution is -2.37. The van der Waals surface area contributed by atoms with Crippen molar-refractivity contribution in [1.82, 2.24) is 20.2 Å². The molecule has 0 spiro atoms. The van der Waals surface area contributed by atoms with Gasteiger partial charge in [-0.15, -0.1) is 0 Å². The third-order valence-electron chi connectivity index (χ3n) is 6.30. The number of hydrogen-bond acceptors (Lipinski definition) is 3. The molecular weight excluding hydrogens is 412 g/mol. The van der Waals surface area contributed by atoms with Gasteiger partial charge in [-0.1, -0.05) is 37.1 Å². The number of aliphatic imine (C=N–C) groups is 1. The monoisotopic (exact) mass is 446 g/mol. The van der Waals surface area contributed by atoms with Crippen LogP contribution in [0.15, 0.2) is 53.5 Å². The molecular formula is C26H34N6O. The summed E-state index contributed by atoms with van der Waals surface area (Å²) in [6.07, 6.45) is 5.29. The lowest BCUT2D eigenvalue weighted by Gasteiger charge is -2.14. The van der Waals surface area contributed by atoms with Gasteiger partial charge in [-0.05, 0) is 56.0 Å². The molecule has 3 aromatic rings. The Balaban J connectivity index is 1.23. The number of aromatic nitrogens is 2. The van der Waals surface area contributed by atoms with Gasteiger partial charge >= 0.3 is 0 Å². The van der Waals surface area contributed by atoms with Gasteiger partial charge in [-0.3, -0.25) is 9.79 Å². The fraction of sp³-hybridized carbons (Fsp3) is 0.423. The normalized spacial score (nSPS) is 14.5. The fourth-order valence-electron chi connectivity index (χ4n) is 4.52. The molecule has 0 atom stereocenters. The number of benzene rings is 2. The van der Waals surface area contributed by atoms with Crippen LogP contribution in [-0.2, 0) is 17.9 Å². The fourth-order valence-corrected chi connectivity index (χ4v) is 4.52. The van der Waals surface area contributed by atoms with Gasteiger partial charge in [-0.2, -0.15) is 0 Å². The van der Waals surface area contributed by atoms with Crippen LogP contribution in [0.5, 0.6) is 0 Å². The molecule has 1 aliphatic carbocycles. The van der Waals surface area contributed by atoms with Crippen LogP contribution >= 0.6 is 0 Å². The van der Waals surface area contributed by atoms with Crippen LogP contribution in [0, 0.1) is 12.8 Å². The Morgan fingerprint density at radius 2 is 1.94 bits per heavy atom. The highest BCUT2D eigenvalue weighted by atomic mass is 16.1. The van der Waals surface area contributed by atoms with Gasteiger partial charge in [0.15, 0.2) is 5.96 Å². The third kappa shape index (κ3) is 5.92. The Hall–Kier alpha value is -3.35. The zero-order valence-electron chi connectivity index (χ0n) is 19.6. The zero-order valence-corrected chi connectivity index (χ0v) is 19.6. The molecule has 2 aromatic carbocycles. The van der Waals surface area contributed by atoms with E-state index in [2.05, 4.69) is 61.7 Å². The number of aryl methyl sites for hydroxylation is 2. The number of guanidine groups is 1. The number of fused-ring (bicyclic) bond motifs is 1. The van der Waals surface area contributed by atoms with Crippen LogP contribution in [0.25, 0.3) is 11.0 Å². The molecule has 0 aliphatic heterocycles. The number of imidazole rings is 1. The number of hydrogen-bond donors (Lipinski definition) is 3. The van der Waals surface area contributed by atoms with E-state index >= 15 is 0 Å². The number of nitrogens with zero attached hydrogens (tertiary/aromatic N) is 3. The average Bonchev–Trinajstić information content (AvgIpc) is 3.47. The molecule has 4 rings (SSSR count). The molecule has 1 saturated carbocycles. The van der Waals surface area contributed by atoms with Crippen LogP contribution in [0.2, 0.25) is 0 Å². The number of carbonyl (C=O) groups is 1. The van der Waals surface area contributed by atoms with Crippen molar-refractivity contribution in [1.29, 1.82) is 0 Å². The van der Waals surface area contributed by atoms with Crippen molar-refractivity contribution in [3.63, 3.8) is 0 Å². The summed E-state index contributed by atoms with van der Waals surface area (Å²) in [5.41, 5.74) is 4.18. The second-order valence-corrected chi connectivity index (χ2v) is 8.68. The zero-order chi connectivity index (χ0) is 23.0. The second-order valence-electron chi connectivity index (χ2n) is 8.68. The highest BCUT2D eigenvalue weighted by Crippen LogP contribution is 2.26. The predicted octanol–water partition coefficient (Wildman–Crippen LogP) is 4.23.